The van der Waals surface area contributed by atoms with Crippen LogP contribution in [0, 0.1) is 0 Å². The Labute approximate surface area is 170 Å². The van der Waals surface area contributed by atoms with Gasteiger partial charge in [0.15, 0.2) is 0 Å². The molecule has 0 saturated carbocycles. The van der Waals surface area contributed by atoms with Crippen LogP contribution < -0.4 is 14.8 Å². The number of ether oxygens (including phenoxy) is 2. The van der Waals surface area contributed by atoms with Crippen LogP contribution in [-0.4, -0.2) is 29.7 Å². The Morgan fingerprint density at radius 3 is 2.47 bits per heavy atom. The van der Waals surface area contributed by atoms with Crippen molar-refractivity contribution in [1.82, 2.24) is 9.55 Å². The topological polar surface area (TPSA) is 65.4 Å². The maximum atomic E-state index is 12.9. The largest absolute Gasteiger partial charge is 0.497 e. The number of halogens is 3. The van der Waals surface area contributed by atoms with E-state index in [1.807, 2.05) is 6.07 Å². The van der Waals surface area contributed by atoms with Gasteiger partial charge in [0.1, 0.15) is 23.6 Å². The van der Waals surface area contributed by atoms with Crippen molar-refractivity contribution in [1.29, 1.82) is 0 Å². The quantitative estimate of drug-likeness (QED) is 0.684. The summed E-state index contributed by atoms with van der Waals surface area (Å²) >= 11 is 0. The number of nitrogens with zero attached hydrogens (tertiary/aromatic N) is 2. The van der Waals surface area contributed by atoms with Crippen LogP contribution in [0.3, 0.4) is 0 Å². The van der Waals surface area contributed by atoms with E-state index in [9.17, 15) is 18.0 Å². The average Bonchev–Trinajstić information content (AvgIpc) is 3.15. The molecule has 1 aliphatic rings. The first-order chi connectivity index (χ1) is 14.3. The van der Waals surface area contributed by atoms with Crippen molar-refractivity contribution in [2.75, 3.05) is 19.5 Å². The summed E-state index contributed by atoms with van der Waals surface area (Å²) in [5.41, 5.74) is 1.09. The van der Waals surface area contributed by atoms with Gasteiger partial charge in [0.05, 0.1) is 25.5 Å². The van der Waals surface area contributed by atoms with E-state index in [4.69, 9.17) is 9.47 Å². The summed E-state index contributed by atoms with van der Waals surface area (Å²) in [6.45, 7) is 0. The van der Waals surface area contributed by atoms with Gasteiger partial charge in [-0.15, -0.1) is 0 Å². The molecule has 1 N–H and O–H groups in total. The van der Waals surface area contributed by atoms with Crippen molar-refractivity contribution in [3.8, 4) is 17.2 Å². The molecule has 1 amide bonds. The Kier molecular flexibility index (Phi) is 4.89. The van der Waals surface area contributed by atoms with Gasteiger partial charge in [-0.1, -0.05) is 6.07 Å². The molecule has 2 aromatic carbocycles. The number of hydrogen-bond acceptors (Lipinski definition) is 4. The second kappa shape index (κ2) is 7.40. The third kappa shape index (κ3) is 3.47. The van der Waals surface area contributed by atoms with Crippen LogP contribution in [0.4, 0.5) is 19.0 Å². The van der Waals surface area contributed by atoms with Crippen molar-refractivity contribution >= 4 is 11.7 Å². The first-order valence-electron chi connectivity index (χ1n) is 9.08. The van der Waals surface area contributed by atoms with Gasteiger partial charge < -0.3 is 14.8 Å². The number of alkyl halides is 3. The number of amides is 1. The van der Waals surface area contributed by atoms with Crippen molar-refractivity contribution < 1.29 is 27.4 Å². The molecule has 0 radical (unpaired) electrons. The second-order valence-electron chi connectivity index (χ2n) is 6.81. The molecule has 4 rings (SSSR count). The first-order valence-corrected chi connectivity index (χ1v) is 9.08. The van der Waals surface area contributed by atoms with E-state index in [0.29, 0.717) is 28.7 Å². The third-order valence-corrected chi connectivity index (χ3v) is 5.06. The number of carbonyl (C=O) groups excluding carboxylic acids is 1. The molecular formula is C21H18F3N3O3. The van der Waals surface area contributed by atoms with Gasteiger partial charge in [0, 0.05) is 29.7 Å². The molecule has 156 valence electrons. The minimum absolute atomic E-state index is 0.166. The fourth-order valence-electron chi connectivity index (χ4n) is 3.58. The molecule has 1 atom stereocenters. The van der Waals surface area contributed by atoms with Crippen molar-refractivity contribution in [3.05, 3.63) is 65.6 Å². The molecule has 9 heteroatoms. The Bertz CT molecular complexity index is 1090. The summed E-state index contributed by atoms with van der Waals surface area (Å²) in [4.78, 5) is 16.9. The maximum absolute atomic E-state index is 12.9. The zero-order valence-electron chi connectivity index (χ0n) is 16.2. The summed E-state index contributed by atoms with van der Waals surface area (Å²) < 4.78 is 50.8. The molecule has 0 bridgehead atoms. The van der Waals surface area contributed by atoms with Gasteiger partial charge >= 0.3 is 6.18 Å². The number of imidazole rings is 1. The molecule has 0 saturated heterocycles. The number of hydrogen-bond donors (Lipinski definition) is 1. The first kappa shape index (κ1) is 19.8. The SMILES string of the molecule is COc1ccc([C@H]2CC(=O)Nc3c2ncn3-c2ccc(C(F)(F)F)cc2)c(OC)c1. The van der Waals surface area contributed by atoms with E-state index >= 15 is 0 Å². The molecule has 1 aliphatic heterocycles. The summed E-state index contributed by atoms with van der Waals surface area (Å²) in [6.07, 6.45) is -2.77. The Hall–Kier alpha value is -3.49. The number of methoxy groups -OCH3 is 2. The number of carbonyl (C=O) groups is 1. The van der Waals surface area contributed by atoms with Crippen molar-refractivity contribution in [3.63, 3.8) is 0 Å². The molecule has 6 nitrogen and oxygen atoms in total. The average molecular weight is 417 g/mol. The van der Waals surface area contributed by atoms with Crippen LogP contribution in [-0.2, 0) is 11.0 Å². The molecule has 0 spiro atoms. The van der Waals surface area contributed by atoms with Gasteiger partial charge in [0.2, 0.25) is 5.91 Å². The van der Waals surface area contributed by atoms with Gasteiger partial charge in [-0.3, -0.25) is 9.36 Å². The number of fused-ring (bicyclic) bond motifs is 1. The highest BCUT2D eigenvalue weighted by molar-refractivity contribution is 5.94. The standard InChI is InChI=1S/C21H18F3N3O3/c1-29-14-7-8-15(17(9-14)30-2)16-10-18(28)26-20-19(16)25-11-27(20)13-5-3-12(4-6-13)21(22,23)24/h3-9,11,16H,10H2,1-2H3,(H,26,28)/t16-/m1/s1. The highest BCUT2D eigenvalue weighted by atomic mass is 19.4. The van der Waals surface area contributed by atoms with E-state index in [2.05, 4.69) is 10.3 Å². The number of aromatic nitrogens is 2. The van der Waals surface area contributed by atoms with Crippen molar-refractivity contribution in [2.45, 2.75) is 18.5 Å². The lowest BCUT2D eigenvalue weighted by molar-refractivity contribution is -0.137. The third-order valence-electron chi connectivity index (χ3n) is 5.06. The predicted molar refractivity (Wildman–Crippen MR) is 103 cm³/mol. The summed E-state index contributed by atoms with van der Waals surface area (Å²) in [7, 11) is 3.08. The highest BCUT2D eigenvalue weighted by Crippen LogP contribution is 2.42. The minimum Gasteiger partial charge on any atom is -0.497 e. The van der Waals surface area contributed by atoms with Gasteiger partial charge in [-0.05, 0) is 30.3 Å². The Morgan fingerprint density at radius 2 is 1.83 bits per heavy atom. The molecule has 0 fully saturated rings. The van der Waals surface area contributed by atoms with Crippen LogP contribution in [0.2, 0.25) is 0 Å². The summed E-state index contributed by atoms with van der Waals surface area (Å²) in [6, 6.07) is 10.0. The van der Waals surface area contributed by atoms with Crippen LogP contribution in [0.25, 0.3) is 5.69 Å². The summed E-state index contributed by atoms with van der Waals surface area (Å²) in [5, 5.41) is 2.79. The molecular weight excluding hydrogens is 399 g/mol. The van der Waals surface area contributed by atoms with Crippen LogP contribution in [0.15, 0.2) is 48.8 Å². The van der Waals surface area contributed by atoms with E-state index in [-0.39, 0.29) is 18.2 Å². The molecule has 2 heterocycles. The Morgan fingerprint density at radius 1 is 1.10 bits per heavy atom. The molecule has 3 aromatic rings. The molecule has 0 unspecified atom stereocenters. The second-order valence-corrected chi connectivity index (χ2v) is 6.81. The minimum atomic E-state index is -4.42. The van der Waals surface area contributed by atoms with Crippen LogP contribution >= 0.6 is 0 Å². The summed E-state index contributed by atoms with van der Waals surface area (Å²) in [5.74, 6) is 1.01. The molecule has 0 aliphatic carbocycles. The maximum Gasteiger partial charge on any atom is 0.416 e. The van der Waals surface area contributed by atoms with E-state index < -0.39 is 11.7 Å². The van der Waals surface area contributed by atoms with E-state index in [1.165, 1.54) is 25.6 Å². The zero-order chi connectivity index (χ0) is 21.5. The normalized spacial score (nSPS) is 16.0. The lowest BCUT2D eigenvalue weighted by Crippen LogP contribution is -2.25. The molecule has 1 aromatic heterocycles. The monoisotopic (exact) mass is 417 g/mol. The smallest absolute Gasteiger partial charge is 0.416 e. The fraction of sp³-hybridized carbons (Fsp3) is 0.238. The van der Waals surface area contributed by atoms with Crippen molar-refractivity contribution in [2.24, 2.45) is 0 Å². The highest BCUT2D eigenvalue weighted by Gasteiger charge is 2.33. The van der Waals surface area contributed by atoms with Gasteiger partial charge in [0.25, 0.3) is 0 Å². The number of benzene rings is 2. The van der Waals surface area contributed by atoms with E-state index in [1.54, 1.807) is 23.8 Å². The number of nitrogens with one attached hydrogen (secondary N) is 1. The fourth-order valence-corrected chi connectivity index (χ4v) is 3.58. The van der Waals surface area contributed by atoms with Gasteiger partial charge in [-0.2, -0.15) is 13.2 Å². The predicted octanol–water partition coefficient (Wildman–Crippen LogP) is 4.38. The van der Waals surface area contributed by atoms with Gasteiger partial charge in [-0.25, -0.2) is 4.98 Å². The van der Waals surface area contributed by atoms with Crippen LogP contribution in [0.5, 0.6) is 11.5 Å². The van der Waals surface area contributed by atoms with Crippen LogP contribution in [0.1, 0.15) is 29.2 Å². The lowest BCUT2D eigenvalue weighted by atomic mass is 9.89. The number of rotatable bonds is 4. The molecule has 30 heavy (non-hydrogen) atoms. The zero-order valence-corrected chi connectivity index (χ0v) is 16.2. The number of anilines is 1. The Balaban J connectivity index is 1.76. The van der Waals surface area contributed by atoms with E-state index in [0.717, 1.165) is 17.7 Å². The lowest BCUT2D eigenvalue weighted by Gasteiger charge is -2.25.